The lowest BCUT2D eigenvalue weighted by atomic mass is 10.0. The second-order valence-electron chi connectivity index (χ2n) is 8.42. The molecule has 0 bridgehead atoms. The number of rotatable bonds is 7. The Bertz CT molecular complexity index is 629. The quantitative estimate of drug-likeness (QED) is 0.622. The Labute approximate surface area is 171 Å². The topological polar surface area (TPSA) is 76.2 Å². The predicted octanol–water partition coefficient (Wildman–Crippen LogP) is -0.129. The summed E-state index contributed by atoms with van der Waals surface area (Å²) in [7, 11) is -1.31. The molecule has 8 nitrogen and oxygen atoms in total. The Balaban J connectivity index is 1.94. The number of hydrogen-bond donors (Lipinski definition) is 1. The van der Waals surface area contributed by atoms with Crippen LogP contribution in [0, 0.1) is 0 Å². The Morgan fingerprint density at radius 3 is 2.29 bits per heavy atom. The van der Waals surface area contributed by atoms with E-state index in [0.29, 0.717) is 19.6 Å². The van der Waals surface area contributed by atoms with Gasteiger partial charge in [0.05, 0.1) is 12.3 Å². The number of nitrogens with one attached hydrogen (secondary N) is 1. The highest BCUT2D eigenvalue weighted by molar-refractivity contribution is 7.88. The Morgan fingerprint density at radius 1 is 1.11 bits per heavy atom. The van der Waals surface area contributed by atoms with Crippen molar-refractivity contribution >= 4 is 15.9 Å². The molecule has 28 heavy (non-hydrogen) atoms. The smallest absolute Gasteiger partial charge is 0.240 e. The van der Waals surface area contributed by atoms with Crippen molar-refractivity contribution in [2.24, 2.45) is 0 Å². The van der Waals surface area contributed by atoms with Crippen molar-refractivity contribution in [3.8, 4) is 0 Å². The summed E-state index contributed by atoms with van der Waals surface area (Å²) >= 11 is 0. The number of amides is 1. The van der Waals surface area contributed by atoms with Crippen molar-refractivity contribution in [3.05, 3.63) is 0 Å². The predicted molar refractivity (Wildman–Crippen MR) is 113 cm³/mol. The van der Waals surface area contributed by atoms with Gasteiger partial charge in [-0.15, -0.1) is 0 Å². The van der Waals surface area contributed by atoms with E-state index in [2.05, 4.69) is 35.9 Å². The van der Waals surface area contributed by atoms with Crippen molar-refractivity contribution < 1.29 is 13.2 Å². The highest BCUT2D eigenvalue weighted by Crippen LogP contribution is 2.19. The Morgan fingerprint density at radius 2 is 1.79 bits per heavy atom. The third-order valence-corrected chi connectivity index (χ3v) is 7.71. The molecule has 3 unspecified atom stereocenters. The molecule has 4 atom stereocenters. The van der Waals surface area contributed by atoms with Gasteiger partial charge in [0.2, 0.25) is 15.9 Å². The lowest BCUT2D eigenvalue weighted by molar-refractivity contribution is -0.138. The minimum atomic E-state index is -3.16. The van der Waals surface area contributed by atoms with E-state index in [4.69, 9.17) is 0 Å². The number of carbonyl (C=O) groups excluding carboxylic acids is 1. The molecular weight excluding hydrogens is 378 g/mol. The molecule has 2 aliphatic rings. The van der Waals surface area contributed by atoms with Crippen molar-refractivity contribution in [2.75, 3.05) is 59.1 Å². The van der Waals surface area contributed by atoms with E-state index in [9.17, 15) is 13.2 Å². The summed E-state index contributed by atoms with van der Waals surface area (Å²) in [5.74, 6) is 0.181. The largest absolute Gasteiger partial charge is 0.336 e. The van der Waals surface area contributed by atoms with Gasteiger partial charge >= 0.3 is 0 Å². The first-order valence-corrected chi connectivity index (χ1v) is 12.3. The molecule has 1 amide bonds. The molecule has 2 saturated heterocycles. The van der Waals surface area contributed by atoms with Gasteiger partial charge in [-0.3, -0.25) is 14.6 Å². The van der Waals surface area contributed by atoms with Crippen molar-refractivity contribution in [2.45, 2.75) is 58.3 Å². The van der Waals surface area contributed by atoms with E-state index in [1.807, 2.05) is 18.9 Å². The van der Waals surface area contributed by atoms with Crippen LogP contribution in [0.15, 0.2) is 0 Å². The van der Waals surface area contributed by atoms with Crippen LogP contribution in [0.3, 0.4) is 0 Å². The van der Waals surface area contributed by atoms with E-state index in [1.165, 1.54) is 6.26 Å². The number of likely N-dealkylation sites (N-methyl/N-ethyl adjacent to an activating group) is 2. The highest BCUT2D eigenvalue weighted by Gasteiger charge is 2.35. The molecule has 0 aromatic rings. The average Bonchev–Trinajstić information content (AvgIpc) is 2.64. The Hall–Kier alpha value is -0.740. The summed E-state index contributed by atoms with van der Waals surface area (Å²) in [6, 6.07) is 0.175. The number of piperazine rings is 2. The molecule has 1 N–H and O–H groups in total. The molecule has 2 heterocycles. The van der Waals surface area contributed by atoms with Crippen LogP contribution in [-0.2, 0) is 14.8 Å². The molecule has 0 radical (unpaired) electrons. The van der Waals surface area contributed by atoms with Gasteiger partial charge in [-0.1, -0.05) is 6.92 Å². The van der Waals surface area contributed by atoms with E-state index >= 15 is 0 Å². The lowest BCUT2D eigenvalue weighted by Gasteiger charge is -2.43. The van der Waals surface area contributed by atoms with Crippen LogP contribution in [0.4, 0.5) is 0 Å². The fraction of sp³-hybridized carbons (Fsp3) is 0.947. The third kappa shape index (κ3) is 5.66. The summed E-state index contributed by atoms with van der Waals surface area (Å²) in [4.78, 5) is 19.8. The normalized spacial score (nSPS) is 28.3. The van der Waals surface area contributed by atoms with Crippen molar-refractivity contribution in [1.82, 2.24) is 24.3 Å². The van der Waals surface area contributed by atoms with Gasteiger partial charge in [-0.2, -0.15) is 4.31 Å². The first-order valence-electron chi connectivity index (χ1n) is 10.5. The number of sulfonamides is 1. The molecule has 2 fully saturated rings. The summed E-state index contributed by atoms with van der Waals surface area (Å²) in [5.41, 5.74) is 0. The molecule has 9 heteroatoms. The fourth-order valence-electron chi connectivity index (χ4n) is 4.54. The van der Waals surface area contributed by atoms with Crippen LogP contribution >= 0.6 is 0 Å². The van der Waals surface area contributed by atoms with Gasteiger partial charge in [0.15, 0.2) is 0 Å². The zero-order chi connectivity index (χ0) is 21.1. The maximum absolute atomic E-state index is 13.1. The van der Waals surface area contributed by atoms with Crippen molar-refractivity contribution in [3.63, 3.8) is 0 Å². The highest BCUT2D eigenvalue weighted by atomic mass is 32.2. The third-order valence-electron chi connectivity index (χ3n) is 6.31. The summed E-state index contributed by atoms with van der Waals surface area (Å²) < 4.78 is 25.3. The molecular formula is C19H39N5O3S. The SMILES string of the molecule is CCN1CCN(C(=O)C(CC(C)N2CCN(S(C)(=O)=O)[C@H](C)C2)NC)C(C)C1. The molecule has 0 spiro atoms. The zero-order valence-electron chi connectivity index (χ0n) is 18.4. The molecule has 0 saturated carbocycles. The number of hydrogen-bond acceptors (Lipinski definition) is 6. The Kier molecular flexibility index (Phi) is 8.27. The monoisotopic (exact) mass is 417 g/mol. The van der Waals surface area contributed by atoms with Crippen LogP contribution in [-0.4, -0.2) is 117 Å². The maximum atomic E-state index is 13.1. The molecule has 0 aliphatic carbocycles. The van der Waals surface area contributed by atoms with Crippen LogP contribution in [0.25, 0.3) is 0 Å². The standard InChI is InChI=1S/C19H39N5O3S/c1-7-21-8-10-23(16(3)13-21)19(25)18(20-5)12-15(2)22-9-11-24(17(4)14-22)28(6,26)27/h15-18,20H,7-14H2,1-6H3/t15?,16?,17-,18?/m1/s1. The summed E-state index contributed by atoms with van der Waals surface area (Å²) in [5, 5.41) is 3.22. The minimum absolute atomic E-state index is 0.0444. The fourth-order valence-corrected chi connectivity index (χ4v) is 5.68. The molecule has 2 rings (SSSR count). The van der Waals surface area contributed by atoms with Gasteiger partial charge in [-0.25, -0.2) is 8.42 Å². The van der Waals surface area contributed by atoms with Gasteiger partial charge in [0.25, 0.3) is 0 Å². The molecule has 0 aromatic heterocycles. The van der Waals surface area contributed by atoms with E-state index in [-0.39, 0.29) is 30.1 Å². The van der Waals surface area contributed by atoms with Gasteiger partial charge in [0, 0.05) is 57.4 Å². The van der Waals surface area contributed by atoms with Crippen molar-refractivity contribution in [1.29, 1.82) is 0 Å². The second-order valence-corrected chi connectivity index (χ2v) is 10.4. The molecule has 2 aliphatic heterocycles. The first kappa shape index (κ1) is 23.5. The minimum Gasteiger partial charge on any atom is -0.336 e. The molecule has 164 valence electrons. The van der Waals surface area contributed by atoms with Crippen LogP contribution < -0.4 is 5.32 Å². The van der Waals surface area contributed by atoms with Gasteiger partial charge in [0.1, 0.15) is 0 Å². The maximum Gasteiger partial charge on any atom is 0.240 e. The first-order chi connectivity index (χ1) is 13.1. The molecule has 0 aromatic carbocycles. The summed E-state index contributed by atoms with van der Waals surface area (Å²) in [6.07, 6.45) is 2.00. The number of carbonyl (C=O) groups is 1. The second kappa shape index (κ2) is 9.84. The van der Waals surface area contributed by atoms with Gasteiger partial charge in [-0.05, 0) is 40.8 Å². The van der Waals surface area contributed by atoms with E-state index < -0.39 is 10.0 Å². The zero-order valence-corrected chi connectivity index (χ0v) is 19.2. The average molecular weight is 418 g/mol. The van der Waals surface area contributed by atoms with E-state index in [1.54, 1.807) is 4.31 Å². The van der Waals surface area contributed by atoms with Gasteiger partial charge < -0.3 is 10.2 Å². The van der Waals surface area contributed by atoms with Crippen LogP contribution in [0.5, 0.6) is 0 Å². The van der Waals surface area contributed by atoms with Crippen LogP contribution in [0.2, 0.25) is 0 Å². The lowest BCUT2D eigenvalue weighted by Crippen LogP contribution is -2.59. The number of nitrogens with zero attached hydrogens (tertiary/aromatic N) is 4. The van der Waals surface area contributed by atoms with E-state index in [0.717, 1.165) is 32.6 Å². The van der Waals surface area contributed by atoms with Crippen LogP contribution in [0.1, 0.15) is 34.1 Å². The summed E-state index contributed by atoms with van der Waals surface area (Å²) in [6.45, 7) is 14.0.